The number of carbonyl (C=O) groups excluding carboxylic acids is 1. The number of benzene rings is 1. The predicted molar refractivity (Wildman–Crippen MR) is 81.0 cm³/mol. The second-order valence-electron chi connectivity index (χ2n) is 4.34. The molecule has 0 spiro atoms. The van der Waals surface area contributed by atoms with Crippen molar-refractivity contribution in [3.05, 3.63) is 57.8 Å². The van der Waals surface area contributed by atoms with Crippen molar-refractivity contribution in [2.24, 2.45) is 0 Å². The Hall–Kier alpha value is -1.78. The molecule has 0 saturated carbocycles. The van der Waals surface area contributed by atoms with Crippen LogP contribution in [-0.4, -0.2) is 10.9 Å². The van der Waals surface area contributed by atoms with Crippen LogP contribution in [0.1, 0.15) is 28.9 Å². The van der Waals surface area contributed by atoms with Crippen molar-refractivity contribution in [3.63, 3.8) is 0 Å². The van der Waals surface area contributed by atoms with Crippen LogP contribution in [0.3, 0.4) is 0 Å². The van der Waals surface area contributed by atoms with Crippen molar-refractivity contribution in [2.45, 2.75) is 13.0 Å². The summed E-state index contributed by atoms with van der Waals surface area (Å²) in [4.78, 5) is 16.2. The number of hydrogen-bond donors (Lipinski definition) is 2. The molecular formula is C14H13Cl2N3O. The Bertz CT molecular complexity index is 632. The molecule has 1 amide bonds. The van der Waals surface area contributed by atoms with E-state index in [4.69, 9.17) is 28.9 Å². The maximum Gasteiger partial charge on any atom is 0.253 e. The highest BCUT2D eigenvalue weighted by molar-refractivity contribution is 6.44. The first kappa shape index (κ1) is 14.6. The highest BCUT2D eigenvalue weighted by Crippen LogP contribution is 2.29. The molecule has 0 saturated heterocycles. The van der Waals surface area contributed by atoms with Gasteiger partial charge in [-0.05, 0) is 36.8 Å². The van der Waals surface area contributed by atoms with E-state index >= 15 is 0 Å². The summed E-state index contributed by atoms with van der Waals surface area (Å²) < 4.78 is 0. The van der Waals surface area contributed by atoms with Crippen LogP contribution in [0.25, 0.3) is 0 Å². The Kier molecular flexibility index (Phi) is 4.47. The molecule has 0 radical (unpaired) electrons. The van der Waals surface area contributed by atoms with Crippen molar-refractivity contribution in [1.29, 1.82) is 0 Å². The van der Waals surface area contributed by atoms with Gasteiger partial charge in [0, 0.05) is 18.1 Å². The van der Waals surface area contributed by atoms with E-state index in [9.17, 15) is 4.79 Å². The molecule has 1 atom stereocenters. The lowest BCUT2D eigenvalue weighted by Crippen LogP contribution is -2.27. The molecule has 4 nitrogen and oxygen atoms in total. The Morgan fingerprint density at radius 3 is 2.60 bits per heavy atom. The molecule has 0 bridgehead atoms. The Balaban J connectivity index is 2.21. The summed E-state index contributed by atoms with van der Waals surface area (Å²) >= 11 is 11.9. The van der Waals surface area contributed by atoms with Crippen LogP contribution in [0.15, 0.2) is 36.7 Å². The fourth-order valence-corrected chi connectivity index (χ4v) is 2.21. The highest BCUT2D eigenvalue weighted by atomic mass is 35.5. The number of nitrogens with zero attached hydrogens (tertiary/aromatic N) is 1. The molecule has 6 heteroatoms. The largest absolute Gasteiger partial charge is 0.399 e. The zero-order chi connectivity index (χ0) is 14.7. The normalized spacial score (nSPS) is 11.9. The van der Waals surface area contributed by atoms with Gasteiger partial charge in [0.25, 0.3) is 5.91 Å². The fraction of sp³-hybridized carbons (Fsp3) is 0.143. The summed E-state index contributed by atoms with van der Waals surface area (Å²) in [6, 6.07) is 6.50. The molecule has 20 heavy (non-hydrogen) atoms. The van der Waals surface area contributed by atoms with Gasteiger partial charge in [-0.2, -0.15) is 0 Å². The van der Waals surface area contributed by atoms with Crippen LogP contribution >= 0.6 is 23.2 Å². The monoisotopic (exact) mass is 309 g/mol. The third-order valence-corrected chi connectivity index (χ3v) is 3.65. The molecule has 2 aromatic rings. The fourth-order valence-electron chi connectivity index (χ4n) is 1.79. The molecule has 1 aromatic carbocycles. The molecule has 0 aliphatic rings. The van der Waals surface area contributed by atoms with Gasteiger partial charge >= 0.3 is 0 Å². The number of rotatable bonds is 3. The number of anilines is 1. The molecule has 1 heterocycles. The van der Waals surface area contributed by atoms with Gasteiger partial charge in [0.05, 0.1) is 21.7 Å². The lowest BCUT2D eigenvalue weighted by molar-refractivity contribution is 0.0940. The second-order valence-corrected chi connectivity index (χ2v) is 5.13. The van der Waals surface area contributed by atoms with Crippen molar-refractivity contribution in [3.8, 4) is 0 Å². The summed E-state index contributed by atoms with van der Waals surface area (Å²) in [6.07, 6.45) is 3.34. The molecular weight excluding hydrogens is 297 g/mol. The maximum absolute atomic E-state index is 12.2. The summed E-state index contributed by atoms with van der Waals surface area (Å²) in [6.45, 7) is 1.87. The topological polar surface area (TPSA) is 68.0 Å². The summed E-state index contributed by atoms with van der Waals surface area (Å²) in [5.74, 6) is -0.325. The number of pyridine rings is 1. The Morgan fingerprint density at radius 1 is 1.30 bits per heavy atom. The molecule has 104 valence electrons. The van der Waals surface area contributed by atoms with Crippen LogP contribution in [0, 0.1) is 0 Å². The molecule has 0 fully saturated rings. The summed E-state index contributed by atoms with van der Waals surface area (Å²) in [5, 5.41) is 3.29. The average molecular weight is 310 g/mol. The first-order chi connectivity index (χ1) is 9.49. The second kappa shape index (κ2) is 6.11. The van der Waals surface area contributed by atoms with Crippen LogP contribution in [0.4, 0.5) is 5.69 Å². The van der Waals surface area contributed by atoms with Crippen molar-refractivity contribution in [1.82, 2.24) is 10.3 Å². The van der Waals surface area contributed by atoms with Gasteiger partial charge in [-0.3, -0.25) is 9.78 Å². The minimum Gasteiger partial charge on any atom is -0.399 e. The zero-order valence-corrected chi connectivity index (χ0v) is 12.2. The van der Waals surface area contributed by atoms with Crippen molar-refractivity contribution in [2.75, 3.05) is 5.73 Å². The van der Waals surface area contributed by atoms with Crippen molar-refractivity contribution < 1.29 is 4.79 Å². The van der Waals surface area contributed by atoms with Gasteiger partial charge < -0.3 is 11.1 Å². The minimum absolute atomic E-state index is 0.179. The maximum atomic E-state index is 12.2. The van der Waals surface area contributed by atoms with Gasteiger partial charge in [0.15, 0.2) is 0 Å². The lowest BCUT2D eigenvalue weighted by Gasteiger charge is -2.15. The molecule has 0 aliphatic heterocycles. The van der Waals surface area contributed by atoms with E-state index in [0.29, 0.717) is 5.69 Å². The number of nitrogens with two attached hydrogens (primary N) is 1. The smallest absolute Gasteiger partial charge is 0.253 e. The van der Waals surface area contributed by atoms with E-state index in [1.54, 1.807) is 12.4 Å². The predicted octanol–water partition coefficient (Wildman–Crippen LogP) is 3.46. The number of carbonyl (C=O) groups is 1. The van der Waals surface area contributed by atoms with Crippen LogP contribution in [0.5, 0.6) is 0 Å². The van der Waals surface area contributed by atoms with Crippen LogP contribution in [0.2, 0.25) is 10.0 Å². The van der Waals surface area contributed by atoms with Gasteiger partial charge in [0.1, 0.15) is 0 Å². The third kappa shape index (κ3) is 3.21. The summed E-state index contributed by atoms with van der Waals surface area (Å²) in [5.41, 5.74) is 7.27. The number of aromatic nitrogens is 1. The number of nitrogens with one attached hydrogen (secondary N) is 1. The van der Waals surface area contributed by atoms with E-state index in [0.717, 1.165) is 5.56 Å². The molecule has 2 rings (SSSR count). The van der Waals surface area contributed by atoms with Gasteiger partial charge in [0.2, 0.25) is 0 Å². The molecule has 1 aromatic heterocycles. The molecule has 3 N–H and O–H groups in total. The number of nitrogen functional groups attached to an aromatic ring is 1. The quantitative estimate of drug-likeness (QED) is 0.853. The Morgan fingerprint density at radius 2 is 1.95 bits per heavy atom. The number of halogens is 2. The van der Waals surface area contributed by atoms with Gasteiger partial charge in [-0.25, -0.2) is 0 Å². The van der Waals surface area contributed by atoms with Gasteiger partial charge in [-0.1, -0.05) is 23.2 Å². The Labute approximate surface area is 126 Å². The van der Waals surface area contributed by atoms with E-state index in [-0.39, 0.29) is 27.6 Å². The van der Waals surface area contributed by atoms with E-state index in [1.807, 2.05) is 19.1 Å². The SMILES string of the molecule is CC(NC(=O)c1cc(N)cc(Cl)c1Cl)c1ccncc1. The zero-order valence-electron chi connectivity index (χ0n) is 10.7. The molecule has 1 unspecified atom stereocenters. The average Bonchev–Trinajstić information content (AvgIpc) is 2.43. The van der Waals surface area contributed by atoms with E-state index in [2.05, 4.69) is 10.3 Å². The first-order valence-electron chi connectivity index (χ1n) is 5.94. The first-order valence-corrected chi connectivity index (χ1v) is 6.70. The van der Waals surface area contributed by atoms with Crippen LogP contribution < -0.4 is 11.1 Å². The van der Waals surface area contributed by atoms with E-state index < -0.39 is 0 Å². The van der Waals surface area contributed by atoms with Crippen molar-refractivity contribution >= 4 is 34.8 Å². The molecule has 0 aliphatic carbocycles. The third-order valence-electron chi connectivity index (χ3n) is 2.85. The van der Waals surface area contributed by atoms with Crippen LogP contribution in [-0.2, 0) is 0 Å². The standard InChI is InChI=1S/C14H13Cl2N3O/c1-8(9-2-4-18-5-3-9)19-14(20)11-6-10(17)7-12(15)13(11)16/h2-8H,17H2,1H3,(H,19,20). The number of hydrogen-bond acceptors (Lipinski definition) is 3. The lowest BCUT2D eigenvalue weighted by atomic mass is 10.1. The number of amides is 1. The van der Waals surface area contributed by atoms with E-state index in [1.165, 1.54) is 12.1 Å². The van der Waals surface area contributed by atoms with Gasteiger partial charge in [-0.15, -0.1) is 0 Å². The highest BCUT2D eigenvalue weighted by Gasteiger charge is 2.16. The minimum atomic E-state index is -0.325. The summed E-state index contributed by atoms with van der Waals surface area (Å²) in [7, 11) is 0.